The van der Waals surface area contributed by atoms with Gasteiger partial charge in [0, 0.05) is 30.3 Å². The molecule has 0 bridgehead atoms. The van der Waals surface area contributed by atoms with Crippen molar-refractivity contribution in [2.24, 2.45) is 0 Å². The summed E-state index contributed by atoms with van der Waals surface area (Å²) in [5.41, 5.74) is 3.49. The van der Waals surface area contributed by atoms with Crippen LogP contribution in [0.1, 0.15) is 55.5 Å². The van der Waals surface area contributed by atoms with E-state index in [-0.39, 0.29) is 16.7 Å². The van der Waals surface area contributed by atoms with Gasteiger partial charge in [0.25, 0.3) is 11.7 Å². The number of hydrogen-bond acceptors (Lipinski definition) is 4. The molecule has 0 spiro atoms. The summed E-state index contributed by atoms with van der Waals surface area (Å²) in [5, 5.41) is 11.2. The van der Waals surface area contributed by atoms with Gasteiger partial charge in [-0.1, -0.05) is 67.0 Å². The highest BCUT2D eigenvalue weighted by Crippen LogP contribution is 2.40. The fraction of sp³-hybridized carbons (Fsp3) is 0.385. The molecule has 170 valence electrons. The number of aliphatic hydroxyl groups excluding tert-OH is 1. The molecule has 6 heteroatoms. The summed E-state index contributed by atoms with van der Waals surface area (Å²) in [5.74, 6) is -1.41. The number of ether oxygens (including phenoxy) is 1. The van der Waals surface area contributed by atoms with E-state index in [1.165, 1.54) is 0 Å². The summed E-state index contributed by atoms with van der Waals surface area (Å²) in [6, 6.07) is 12.7. The van der Waals surface area contributed by atoms with Crippen LogP contribution in [-0.2, 0) is 19.7 Å². The Morgan fingerprint density at radius 1 is 1.12 bits per heavy atom. The molecule has 5 nitrogen and oxygen atoms in total. The third kappa shape index (κ3) is 4.81. The average molecular weight is 500 g/mol. The Hall–Kier alpha value is -2.44. The maximum absolute atomic E-state index is 13.1. The zero-order chi connectivity index (χ0) is 23.6. The number of aliphatic hydroxyl groups is 1. The minimum Gasteiger partial charge on any atom is -0.507 e. The third-order valence-corrected chi connectivity index (χ3v) is 6.70. The molecule has 1 aliphatic rings. The first-order chi connectivity index (χ1) is 15.1. The second-order valence-electron chi connectivity index (χ2n) is 9.17. The van der Waals surface area contributed by atoms with Crippen LogP contribution in [0.15, 0.2) is 52.5 Å². The van der Waals surface area contributed by atoms with Crippen LogP contribution in [0.3, 0.4) is 0 Å². The second kappa shape index (κ2) is 9.59. The quantitative estimate of drug-likeness (QED) is 0.246. The molecule has 0 aliphatic carbocycles. The average Bonchev–Trinajstić information content (AvgIpc) is 3.00. The molecule has 1 saturated heterocycles. The number of likely N-dealkylation sites (tertiary alicyclic amines) is 1. The van der Waals surface area contributed by atoms with Gasteiger partial charge in [-0.05, 0) is 47.6 Å². The summed E-state index contributed by atoms with van der Waals surface area (Å²) < 4.78 is 6.04. The zero-order valence-corrected chi connectivity index (χ0v) is 20.8. The third-order valence-electron chi connectivity index (χ3n) is 5.81. The molecule has 1 amide bonds. The van der Waals surface area contributed by atoms with Gasteiger partial charge in [-0.3, -0.25) is 9.59 Å². The summed E-state index contributed by atoms with van der Waals surface area (Å²) in [6.45, 7) is 9.15. The minimum atomic E-state index is -0.662. The van der Waals surface area contributed by atoms with Gasteiger partial charge in [0.2, 0.25) is 0 Å². The number of halogens is 1. The number of ketones is 1. The molecule has 1 N–H and O–H groups in total. The van der Waals surface area contributed by atoms with Gasteiger partial charge in [0.1, 0.15) is 5.76 Å². The predicted octanol–water partition coefficient (Wildman–Crippen LogP) is 5.51. The molecular formula is C26H30BrNO4. The Balaban J connectivity index is 2.13. The SMILES string of the molecule is COCCCN1C(=O)C(=O)/C(=C(\O)c2ccc(Br)c(C)c2)C1c1ccc(C(C)(C)C)cc1. The topological polar surface area (TPSA) is 66.8 Å². The van der Waals surface area contributed by atoms with E-state index in [0.29, 0.717) is 25.1 Å². The lowest BCUT2D eigenvalue weighted by molar-refractivity contribution is -0.140. The van der Waals surface area contributed by atoms with Crippen molar-refractivity contribution in [1.29, 1.82) is 0 Å². The largest absolute Gasteiger partial charge is 0.507 e. The van der Waals surface area contributed by atoms with E-state index in [1.54, 1.807) is 24.1 Å². The van der Waals surface area contributed by atoms with Crippen molar-refractivity contribution >= 4 is 33.4 Å². The predicted molar refractivity (Wildman–Crippen MR) is 130 cm³/mol. The van der Waals surface area contributed by atoms with Gasteiger partial charge < -0.3 is 14.7 Å². The summed E-state index contributed by atoms with van der Waals surface area (Å²) >= 11 is 3.46. The molecule has 1 atom stereocenters. The van der Waals surface area contributed by atoms with E-state index >= 15 is 0 Å². The van der Waals surface area contributed by atoms with Gasteiger partial charge in [0.05, 0.1) is 11.6 Å². The monoisotopic (exact) mass is 499 g/mol. The Labute approximate surface area is 198 Å². The molecule has 32 heavy (non-hydrogen) atoms. The number of benzene rings is 2. The van der Waals surface area contributed by atoms with E-state index in [1.807, 2.05) is 37.3 Å². The normalized spacial score (nSPS) is 18.4. The lowest BCUT2D eigenvalue weighted by Crippen LogP contribution is -2.31. The van der Waals surface area contributed by atoms with Crippen molar-refractivity contribution in [2.75, 3.05) is 20.3 Å². The molecular weight excluding hydrogens is 470 g/mol. The van der Waals surface area contributed by atoms with Gasteiger partial charge in [-0.2, -0.15) is 0 Å². The number of hydrogen-bond donors (Lipinski definition) is 1. The van der Waals surface area contributed by atoms with Crippen molar-refractivity contribution < 1.29 is 19.4 Å². The molecule has 0 radical (unpaired) electrons. The Kier molecular flexibility index (Phi) is 7.25. The number of Topliss-reactive ketones (excluding diaryl/α,β-unsaturated/α-hetero) is 1. The number of carbonyl (C=O) groups excluding carboxylic acids is 2. The van der Waals surface area contributed by atoms with Crippen molar-refractivity contribution in [1.82, 2.24) is 4.90 Å². The van der Waals surface area contributed by atoms with Crippen LogP contribution in [-0.4, -0.2) is 42.0 Å². The number of carbonyl (C=O) groups is 2. The number of nitrogens with zero attached hydrogens (tertiary/aromatic N) is 1. The Bertz CT molecular complexity index is 1050. The van der Waals surface area contributed by atoms with Crippen LogP contribution in [0, 0.1) is 6.92 Å². The van der Waals surface area contributed by atoms with Crippen molar-refractivity contribution in [3.8, 4) is 0 Å². The molecule has 1 unspecified atom stereocenters. The van der Waals surface area contributed by atoms with Crippen LogP contribution in [0.5, 0.6) is 0 Å². The fourth-order valence-electron chi connectivity index (χ4n) is 3.95. The Morgan fingerprint density at radius 2 is 1.78 bits per heavy atom. The fourth-order valence-corrected chi connectivity index (χ4v) is 4.20. The lowest BCUT2D eigenvalue weighted by Gasteiger charge is -2.26. The second-order valence-corrected chi connectivity index (χ2v) is 10.0. The maximum atomic E-state index is 13.1. The highest BCUT2D eigenvalue weighted by Gasteiger charge is 2.45. The van der Waals surface area contributed by atoms with Crippen molar-refractivity contribution in [3.63, 3.8) is 0 Å². The standard InChI is InChI=1S/C26H30BrNO4/c1-16-15-18(9-12-20(16)27)23(29)21-22(17-7-10-19(11-8-17)26(2,3)4)28(13-6-14-32-5)25(31)24(21)30/h7-12,15,22,29H,6,13-14H2,1-5H3/b23-21-. The highest BCUT2D eigenvalue weighted by molar-refractivity contribution is 9.10. The molecule has 2 aromatic rings. The van der Waals surface area contributed by atoms with E-state index in [4.69, 9.17) is 4.74 Å². The molecule has 1 heterocycles. The minimum absolute atomic E-state index is 0.0201. The first-order valence-electron chi connectivity index (χ1n) is 10.7. The smallest absolute Gasteiger partial charge is 0.295 e. The van der Waals surface area contributed by atoms with Crippen LogP contribution < -0.4 is 0 Å². The molecule has 1 fully saturated rings. The Morgan fingerprint density at radius 3 is 2.34 bits per heavy atom. The van der Waals surface area contributed by atoms with Crippen molar-refractivity contribution in [2.45, 2.75) is 45.6 Å². The van der Waals surface area contributed by atoms with Gasteiger partial charge in [0.15, 0.2) is 0 Å². The van der Waals surface area contributed by atoms with E-state index in [2.05, 4.69) is 36.7 Å². The van der Waals surface area contributed by atoms with Crippen LogP contribution >= 0.6 is 15.9 Å². The van der Waals surface area contributed by atoms with Gasteiger partial charge in [-0.25, -0.2) is 0 Å². The van der Waals surface area contributed by atoms with Crippen LogP contribution in [0.4, 0.5) is 0 Å². The zero-order valence-electron chi connectivity index (χ0n) is 19.2. The summed E-state index contributed by atoms with van der Waals surface area (Å²) in [4.78, 5) is 27.6. The molecule has 0 saturated carbocycles. The number of aryl methyl sites for hydroxylation is 1. The first kappa shape index (κ1) is 24.2. The number of rotatable bonds is 6. The van der Waals surface area contributed by atoms with Crippen LogP contribution in [0.2, 0.25) is 0 Å². The lowest BCUT2D eigenvalue weighted by atomic mass is 9.85. The van der Waals surface area contributed by atoms with E-state index in [9.17, 15) is 14.7 Å². The van der Waals surface area contributed by atoms with E-state index in [0.717, 1.165) is 21.2 Å². The van der Waals surface area contributed by atoms with Gasteiger partial charge in [-0.15, -0.1) is 0 Å². The first-order valence-corrected chi connectivity index (χ1v) is 11.5. The molecule has 2 aromatic carbocycles. The summed E-state index contributed by atoms with van der Waals surface area (Å²) in [7, 11) is 1.60. The number of methoxy groups -OCH3 is 1. The number of amides is 1. The molecule has 3 rings (SSSR count). The maximum Gasteiger partial charge on any atom is 0.295 e. The highest BCUT2D eigenvalue weighted by atomic mass is 79.9. The van der Waals surface area contributed by atoms with Crippen molar-refractivity contribution in [3.05, 3.63) is 74.8 Å². The molecule has 1 aliphatic heterocycles. The van der Waals surface area contributed by atoms with Crippen LogP contribution in [0.25, 0.3) is 5.76 Å². The van der Waals surface area contributed by atoms with E-state index < -0.39 is 17.7 Å². The molecule has 0 aromatic heterocycles. The van der Waals surface area contributed by atoms with Gasteiger partial charge >= 0.3 is 0 Å². The summed E-state index contributed by atoms with van der Waals surface area (Å²) in [6.07, 6.45) is 0.595.